The Morgan fingerprint density at radius 1 is 1.35 bits per heavy atom. The molecule has 0 radical (unpaired) electrons. The van der Waals surface area contributed by atoms with Gasteiger partial charge in [-0.05, 0) is 39.2 Å². The molecule has 102 valence electrons. The zero-order valence-corrected chi connectivity index (χ0v) is 10.8. The quantitative estimate of drug-likeness (QED) is 0.827. The topological polar surface area (TPSA) is 15.3 Å². The third-order valence-electron chi connectivity index (χ3n) is 3.32. The number of hydrogen-bond donors (Lipinski definition) is 1. The highest BCUT2D eigenvalue weighted by atomic mass is 19.4. The van der Waals surface area contributed by atoms with E-state index in [0.717, 1.165) is 19.4 Å². The normalized spacial score (nSPS) is 26.8. The summed E-state index contributed by atoms with van der Waals surface area (Å²) in [4.78, 5) is 1.51. The number of piperidine rings is 1. The van der Waals surface area contributed by atoms with Gasteiger partial charge < -0.3 is 5.32 Å². The van der Waals surface area contributed by atoms with Crippen LogP contribution in [0.3, 0.4) is 0 Å². The second-order valence-corrected chi connectivity index (χ2v) is 5.42. The summed E-state index contributed by atoms with van der Waals surface area (Å²) in [6.07, 6.45) is -2.01. The molecule has 0 aromatic rings. The van der Waals surface area contributed by atoms with Crippen molar-refractivity contribution in [3.63, 3.8) is 0 Å². The van der Waals surface area contributed by atoms with Crippen LogP contribution in [-0.2, 0) is 0 Å². The van der Waals surface area contributed by atoms with Crippen LogP contribution in [0.5, 0.6) is 0 Å². The molecule has 0 spiro atoms. The molecule has 1 fully saturated rings. The van der Waals surface area contributed by atoms with Gasteiger partial charge in [0.2, 0.25) is 0 Å². The standard InChI is InChI=1S/C12H23F3N2/c1-9(2)17(8-12(13,14)15)7-11-6-10(3)4-5-16-11/h9-11,16H,4-8H2,1-3H3. The Morgan fingerprint density at radius 2 is 2.00 bits per heavy atom. The van der Waals surface area contributed by atoms with Crippen molar-refractivity contribution < 1.29 is 13.2 Å². The summed E-state index contributed by atoms with van der Waals surface area (Å²) in [5.74, 6) is 0.612. The first-order valence-corrected chi connectivity index (χ1v) is 6.32. The summed E-state index contributed by atoms with van der Waals surface area (Å²) in [6.45, 7) is 6.40. The Hall–Kier alpha value is -0.290. The lowest BCUT2D eigenvalue weighted by atomic mass is 9.94. The van der Waals surface area contributed by atoms with Gasteiger partial charge in [-0.3, -0.25) is 4.90 Å². The van der Waals surface area contributed by atoms with Crippen molar-refractivity contribution in [2.45, 2.75) is 51.9 Å². The van der Waals surface area contributed by atoms with Crippen molar-refractivity contribution >= 4 is 0 Å². The maximum atomic E-state index is 12.4. The summed E-state index contributed by atoms with van der Waals surface area (Å²) < 4.78 is 37.3. The number of nitrogens with zero attached hydrogens (tertiary/aromatic N) is 1. The maximum absolute atomic E-state index is 12.4. The van der Waals surface area contributed by atoms with Crippen LogP contribution in [0.15, 0.2) is 0 Å². The number of halogens is 3. The van der Waals surface area contributed by atoms with Crippen molar-refractivity contribution in [3.05, 3.63) is 0 Å². The van der Waals surface area contributed by atoms with Crippen LogP contribution in [0.4, 0.5) is 13.2 Å². The van der Waals surface area contributed by atoms with E-state index in [4.69, 9.17) is 0 Å². The van der Waals surface area contributed by atoms with Crippen LogP contribution in [-0.4, -0.2) is 42.8 Å². The Bertz CT molecular complexity index is 228. The van der Waals surface area contributed by atoms with E-state index in [0.29, 0.717) is 12.5 Å². The zero-order chi connectivity index (χ0) is 13.1. The van der Waals surface area contributed by atoms with E-state index in [2.05, 4.69) is 12.2 Å². The van der Waals surface area contributed by atoms with Gasteiger partial charge in [0.15, 0.2) is 0 Å². The largest absolute Gasteiger partial charge is 0.401 e. The van der Waals surface area contributed by atoms with Gasteiger partial charge in [0, 0.05) is 18.6 Å². The number of rotatable bonds is 4. The molecule has 0 aromatic carbocycles. The number of hydrogen-bond acceptors (Lipinski definition) is 2. The Balaban J connectivity index is 2.48. The SMILES string of the molecule is CC1CCNC(CN(CC(F)(F)F)C(C)C)C1. The molecule has 2 nitrogen and oxygen atoms in total. The lowest BCUT2D eigenvalue weighted by molar-refractivity contribution is -0.150. The summed E-state index contributed by atoms with van der Waals surface area (Å²) in [5.41, 5.74) is 0. The minimum absolute atomic E-state index is 0.0735. The molecule has 17 heavy (non-hydrogen) atoms. The second-order valence-electron chi connectivity index (χ2n) is 5.42. The van der Waals surface area contributed by atoms with Crippen molar-refractivity contribution in [3.8, 4) is 0 Å². The first-order chi connectivity index (χ1) is 7.78. The molecule has 1 heterocycles. The highest BCUT2D eigenvalue weighted by molar-refractivity contribution is 4.81. The molecule has 0 bridgehead atoms. The first-order valence-electron chi connectivity index (χ1n) is 6.32. The van der Waals surface area contributed by atoms with Gasteiger partial charge in [-0.25, -0.2) is 0 Å². The van der Waals surface area contributed by atoms with E-state index < -0.39 is 12.7 Å². The fourth-order valence-corrected chi connectivity index (χ4v) is 2.33. The van der Waals surface area contributed by atoms with Crippen LogP contribution < -0.4 is 5.32 Å². The maximum Gasteiger partial charge on any atom is 0.401 e. The Morgan fingerprint density at radius 3 is 2.47 bits per heavy atom. The van der Waals surface area contributed by atoms with Crippen molar-refractivity contribution in [1.29, 1.82) is 0 Å². The molecule has 0 saturated carbocycles. The summed E-state index contributed by atoms with van der Waals surface area (Å²) >= 11 is 0. The smallest absolute Gasteiger partial charge is 0.313 e. The lowest BCUT2D eigenvalue weighted by Gasteiger charge is -2.35. The summed E-state index contributed by atoms with van der Waals surface area (Å²) in [5, 5.41) is 3.31. The van der Waals surface area contributed by atoms with Crippen LogP contribution in [0, 0.1) is 5.92 Å². The molecule has 1 N–H and O–H groups in total. The molecule has 1 saturated heterocycles. The molecule has 2 unspecified atom stereocenters. The minimum atomic E-state index is -4.11. The van der Waals surface area contributed by atoms with E-state index in [1.807, 2.05) is 13.8 Å². The van der Waals surface area contributed by atoms with E-state index in [9.17, 15) is 13.2 Å². The third kappa shape index (κ3) is 5.73. The molecule has 0 aliphatic carbocycles. The van der Waals surface area contributed by atoms with Gasteiger partial charge in [-0.1, -0.05) is 6.92 Å². The molecule has 5 heteroatoms. The van der Waals surface area contributed by atoms with E-state index >= 15 is 0 Å². The van der Waals surface area contributed by atoms with Gasteiger partial charge in [0.25, 0.3) is 0 Å². The first kappa shape index (κ1) is 14.8. The monoisotopic (exact) mass is 252 g/mol. The van der Waals surface area contributed by atoms with Crippen LogP contribution >= 0.6 is 0 Å². The number of nitrogens with one attached hydrogen (secondary N) is 1. The molecule has 1 aliphatic heterocycles. The summed E-state index contributed by atoms with van der Waals surface area (Å²) in [7, 11) is 0. The number of alkyl halides is 3. The van der Waals surface area contributed by atoms with E-state index in [1.165, 1.54) is 4.90 Å². The van der Waals surface area contributed by atoms with Gasteiger partial charge in [0.05, 0.1) is 6.54 Å². The molecule has 2 atom stereocenters. The van der Waals surface area contributed by atoms with Crippen molar-refractivity contribution in [2.24, 2.45) is 5.92 Å². The fraction of sp³-hybridized carbons (Fsp3) is 1.00. The zero-order valence-electron chi connectivity index (χ0n) is 10.8. The van der Waals surface area contributed by atoms with Gasteiger partial charge in [0.1, 0.15) is 0 Å². The molecular formula is C12H23F3N2. The highest BCUT2D eigenvalue weighted by Crippen LogP contribution is 2.21. The predicted octanol–water partition coefficient (Wildman–Crippen LogP) is 2.65. The van der Waals surface area contributed by atoms with Crippen LogP contribution in [0.2, 0.25) is 0 Å². The predicted molar refractivity (Wildman–Crippen MR) is 63.0 cm³/mol. The lowest BCUT2D eigenvalue weighted by Crippen LogP contribution is -2.49. The summed E-state index contributed by atoms with van der Waals surface area (Å²) in [6, 6.07) is 0.124. The van der Waals surface area contributed by atoms with Crippen molar-refractivity contribution in [2.75, 3.05) is 19.6 Å². The van der Waals surface area contributed by atoms with Crippen molar-refractivity contribution in [1.82, 2.24) is 10.2 Å². The highest BCUT2D eigenvalue weighted by Gasteiger charge is 2.33. The van der Waals surface area contributed by atoms with Gasteiger partial charge in [-0.2, -0.15) is 13.2 Å². The fourth-order valence-electron chi connectivity index (χ4n) is 2.33. The molecular weight excluding hydrogens is 229 g/mol. The van der Waals surface area contributed by atoms with Gasteiger partial charge >= 0.3 is 6.18 Å². The minimum Gasteiger partial charge on any atom is -0.313 e. The average Bonchev–Trinajstić information content (AvgIpc) is 2.14. The van der Waals surface area contributed by atoms with Crippen LogP contribution in [0.1, 0.15) is 33.6 Å². The Kier molecular flexibility index (Phi) is 5.25. The molecule has 1 rings (SSSR count). The van der Waals surface area contributed by atoms with Crippen LogP contribution in [0.25, 0.3) is 0 Å². The van der Waals surface area contributed by atoms with Gasteiger partial charge in [-0.15, -0.1) is 0 Å². The average molecular weight is 252 g/mol. The molecule has 0 aromatic heterocycles. The third-order valence-corrected chi connectivity index (χ3v) is 3.32. The second kappa shape index (κ2) is 6.05. The Labute approximate surface area is 102 Å². The molecule has 0 amide bonds. The van der Waals surface area contributed by atoms with E-state index in [-0.39, 0.29) is 12.1 Å². The molecule has 1 aliphatic rings. The van der Waals surface area contributed by atoms with E-state index in [1.54, 1.807) is 0 Å².